The molecule has 1 amide bonds. The monoisotopic (exact) mass is 415 g/mol. The van der Waals surface area contributed by atoms with Gasteiger partial charge in [-0.05, 0) is 44.2 Å². The van der Waals surface area contributed by atoms with Gasteiger partial charge in [-0.25, -0.2) is 0 Å². The molecule has 8 heteroatoms. The highest BCUT2D eigenvalue weighted by molar-refractivity contribution is 6.15. The van der Waals surface area contributed by atoms with Gasteiger partial charge in [0.05, 0.1) is 29.2 Å². The van der Waals surface area contributed by atoms with Crippen molar-refractivity contribution in [2.24, 2.45) is 7.05 Å². The maximum Gasteiger partial charge on any atom is 0.257 e. The Labute approximate surface area is 180 Å². The molecule has 0 radical (unpaired) electrons. The zero-order valence-corrected chi connectivity index (χ0v) is 17.8. The van der Waals surface area contributed by atoms with Crippen LogP contribution >= 0.6 is 0 Å². The fourth-order valence-electron chi connectivity index (χ4n) is 4.53. The molecule has 158 valence electrons. The first-order valence-electron chi connectivity index (χ1n) is 10.5. The van der Waals surface area contributed by atoms with Crippen LogP contribution in [0, 0.1) is 0 Å². The molecule has 31 heavy (non-hydrogen) atoms. The lowest BCUT2D eigenvalue weighted by Gasteiger charge is -2.38. The van der Waals surface area contributed by atoms with Crippen LogP contribution in [0.4, 0.5) is 11.4 Å². The number of aromatic nitrogens is 4. The first-order valence-corrected chi connectivity index (χ1v) is 10.5. The normalized spacial score (nSPS) is 19.1. The summed E-state index contributed by atoms with van der Waals surface area (Å²) in [5.41, 5.74) is 3.87. The highest BCUT2D eigenvalue weighted by Crippen LogP contribution is 2.30. The van der Waals surface area contributed by atoms with Crippen LogP contribution in [0.15, 0.2) is 48.8 Å². The Balaban J connectivity index is 1.52. The van der Waals surface area contributed by atoms with Gasteiger partial charge >= 0.3 is 0 Å². The fourth-order valence-corrected chi connectivity index (χ4v) is 4.53. The standard InChI is InChI=1S/C23H25N7O/c1-14-12-30(13-15(2)26-14)21-8-7-17(22-16(21)9-10-24-28-22)23(31)27-19-5-4-6-20-18(19)11-25-29(20)3/h4-11,14-15,26H,12-13H2,1-3H3,(H,27,31)/t14-,15-/m1/s1. The Morgan fingerprint density at radius 1 is 1.10 bits per heavy atom. The van der Waals surface area contributed by atoms with E-state index in [4.69, 9.17) is 0 Å². The van der Waals surface area contributed by atoms with Gasteiger partial charge in [0.2, 0.25) is 0 Å². The summed E-state index contributed by atoms with van der Waals surface area (Å²) in [6, 6.07) is 12.3. The maximum atomic E-state index is 13.2. The Kier molecular flexibility index (Phi) is 4.78. The Morgan fingerprint density at radius 3 is 2.71 bits per heavy atom. The third kappa shape index (κ3) is 3.48. The smallest absolute Gasteiger partial charge is 0.257 e. The van der Waals surface area contributed by atoms with Gasteiger partial charge in [0.1, 0.15) is 5.52 Å². The summed E-state index contributed by atoms with van der Waals surface area (Å²) in [6.45, 7) is 6.17. The van der Waals surface area contributed by atoms with Gasteiger partial charge in [-0.1, -0.05) is 6.07 Å². The van der Waals surface area contributed by atoms with Gasteiger partial charge < -0.3 is 15.5 Å². The van der Waals surface area contributed by atoms with Crippen molar-refractivity contribution in [2.45, 2.75) is 25.9 Å². The van der Waals surface area contributed by atoms with Crippen molar-refractivity contribution in [3.05, 3.63) is 54.4 Å². The zero-order valence-electron chi connectivity index (χ0n) is 17.8. The molecule has 1 saturated heterocycles. The quantitative estimate of drug-likeness (QED) is 0.535. The molecular formula is C23H25N7O. The number of benzene rings is 2. The molecule has 2 aromatic carbocycles. The minimum atomic E-state index is -0.213. The van der Waals surface area contributed by atoms with Crippen LogP contribution in [0.5, 0.6) is 0 Å². The van der Waals surface area contributed by atoms with Crippen LogP contribution in [-0.2, 0) is 7.05 Å². The summed E-state index contributed by atoms with van der Waals surface area (Å²) in [5, 5.41) is 21.1. The predicted octanol–water partition coefficient (Wildman–Crippen LogP) is 2.96. The first-order chi connectivity index (χ1) is 15.0. The molecular weight excluding hydrogens is 390 g/mol. The average Bonchev–Trinajstić information content (AvgIpc) is 3.14. The van der Waals surface area contributed by atoms with E-state index < -0.39 is 0 Å². The van der Waals surface area contributed by atoms with Crippen LogP contribution in [0.3, 0.4) is 0 Å². The summed E-state index contributed by atoms with van der Waals surface area (Å²) >= 11 is 0. The third-order valence-corrected chi connectivity index (χ3v) is 5.84. The molecule has 0 saturated carbocycles. The number of amides is 1. The number of nitrogens with zero attached hydrogens (tertiary/aromatic N) is 5. The number of carbonyl (C=O) groups is 1. The van der Waals surface area contributed by atoms with E-state index in [0.717, 1.165) is 40.8 Å². The molecule has 0 aliphatic carbocycles. The molecule has 0 spiro atoms. The van der Waals surface area contributed by atoms with Gasteiger partial charge in [-0.2, -0.15) is 10.2 Å². The molecule has 2 aromatic heterocycles. The van der Waals surface area contributed by atoms with E-state index in [-0.39, 0.29) is 5.91 Å². The van der Waals surface area contributed by atoms with Crippen LogP contribution in [-0.4, -0.2) is 51.1 Å². The zero-order chi connectivity index (χ0) is 21.5. The lowest BCUT2D eigenvalue weighted by molar-refractivity contribution is 0.102. The molecule has 3 heterocycles. The number of anilines is 2. The van der Waals surface area contributed by atoms with E-state index in [1.54, 1.807) is 17.1 Å². The number of hydrogen-bond donors (Lipinski definition) is 2. The van der Waals surface area contributed by atoms with E-state index in [9.17, 15) is 4.79 Å². The van der Waals surface area contributed by atoms with Crippen LogP contribution in [0.1, 0.15) is 24.2 Å². The molecule has 5 rings (SSSR count). The lowest BCUT2D eigenvalue weighted by atomic mass is 10.0. The van der Waals surface area contributed by atoms with Crippen molar-refractivity contribution in [1.29, 1.82) is 0 Å². The van der Waals surface area contributed by atoms with E-state index >= 15 is 0 Å². The number of nitrogens with one attached hydrogen (secondary N) is 2. The third-order valence-electron chi connectivity index (χ3n) is 5.84. The lowest BCUT2D eigenvalue weighted by Crippen LogP contribution is -2.54. The van der Waals surface area contributed by atoms with Crippen molar-refractivity contribution in [3.63, 3.8) is 0 Å². The minimum Gasteiger partial charge on any atom is -0.368 e. The molecule has 2 atom stereocenters. The van der Waals surface area contributed by atoms with Crippen molar-refractivity contribution in [2.75, 3.05) is 23.3 Å². The van der Waals surface area contributed by atoms with E-state index in [2.05, 4.69) is 44.7 Å². The molecule has 1 aliphatic heterocycles. The summed E-state index contributed by atoms with van der Waals surface area (Å²) in [4.78, 5) is 15.6. The van der Waals surface area contributed by atoms with Crippen molar-refractivity contribution in [1.82, 2.24) is 25.3 Å². The Hall–Kier alpha value is -3.52. The SMILES string of the molecule is C[C@@H]1CN(c2ccc(C(=O)Nc3cccc4c3cnn4C)c3nnccc23)C[C@@H](C)N1. The number of aryl methyl sites for hydroxylation is 1. The molecule has 1 aliphatic rings. The summed E-state index contributed by atoms with van der Waals surface area (Å²) in [5.74, 6) is -0.213. The minimum absolute atomic E-state index is 0.213. The van der Waals surface area contributed by atoms with Crippen molar-refractivity contribution >= 4 is 39.1 Å². The summed E-state index contributed by atoms with van der Waals surface area (Å²) in [6.07, 6.45) is 3.44. The molecule has 1 fully saturated rings. The van der Waals surface area contributed by atoms with E-state index in [0.29, 0.717) is 23.2 Å². The van der Waals surface area contributed by atoms with Gasteiger partial charge in [-0.15, -0.1) is 5.10 Å². The highest BCUT2D eigenvalue weighted by Gasteiger charge is 2.24. The second-order valence-corrected chi connectivity index (χ2v) is 8.26. The van der Waals surface area contributed by atoms with E-state index in [1.165, 1.54) is 0 Å². The van der Waals surface area contributed by atoms with Gasteiger partial charge in [0, 0.05) is 48.7 Å². The maximum absolute atomic E-state index is 13.2. The second kappa shape index (κ2) is 7.63. The Bertz CT molecular complexity index is 1270. The molecule has 0 unspecified atom stereocenters. The molecule has 0 bridgehead atoms. The van der Waals surface area contributed by atoms with Crippen molar-refractivity contribution < 1.29 is 4.79 Å². The largest absolute Gasteiger partial charge is 0.368 e. The number of carbonyl (C=O) groups excluding carboxylic acids is 1. The van der Waals surface area contributed by atoms with Gasteiger partial charge in [0.15, 0.2) is 0 Å². The Morgan fingerprint density at radius 2 is 1.90 bits per heavy atom. The predicted molar refractivity (Wildman–Crippen MR) is 122 cm³/mol. The highest BCUT2D eigenvalue weighted by atomic mass is 16.1. The molecule has 8 nitrogen and oxygen atoms in total. The van der Waals surface area contributed by atoms with E-state index in [1.807, 2.05) is 43.4 Å². The van der Waals surface area contributed by atoms with Gasteiger partial charge in [-0.3, -0.25) is 9.48 Å². The topological polar surface area (TPSA) is 88.0 Å². The number of hydrogen-bond acceptors (Lipinski definition) is 6. The summed E-state index contributed by atoms with van der Waals surface area (Å²) in [7, 11) is 1.88. The van der Waals surface area contributed by atoms with Crippen LogP contribution < -0.4 is 15.5 Å². The fraction of sp³-hybridized carbons (Fsp3) is 0.304. The second-order valence-electron chi connectivity index (χ2n) is 8.26. The molecule has 4 aromatic rings. The number of piperazine rings is 1. The number of fused-ring (bicyclic) bond motifs is 2. The average molecular weight is 416 g/mol. The first kappa shape index (κ1) is 19.4. The summed E-state index contributed by atoms with van der Waals surface area (Å²) < 4.78 is 1.79. The number of rotatable bonds is 3. The molecule has 2 N–H and O–H groups in total. The van der Waals surface area contributed by atoms with Crippen molar-refractivity contribution in [3.8, 4) is 0 Å². The van der Waals surface area contributed by atoms with Gasteiger partial charge in [0.25, 0.3) is 5.91 Å². The van der Waals surface area contributed by atoms with Crippen LogP contribution in [0.25, 0.3) is 21.8 Å². The van der Waals surface area contributed by atoms with Crippen LogP contribution in [0.2, 0.25) is 0 Å².